The number of rotatable bonds is 2. The van der Waals surface area contributed by atoms with Crippen molar-refractivity contribution in [3.05, 3.63) is 28.8 Å². The van der Waals surface area contributed by atoms with Gasteiger partial charge in [0.05, 0.1) is 17.3 Å². The van der Waals surface area contributed by atoms with Crippen molar-refractivity contribution in [1.29, 1.82) is 0 Å². The summed E-state index contributed by atoms with van der Waals surface area (Å²) in [7, 11) is 0. The maximum absolute atomic E-state index is 9.08. The van der Waals surface area contributed by atoms with Crippen molar-refractivity contribution in [3.8, 4) is 0 Å². The van der Waals surface area contributed by atoms with E-state index in [0.29, 0.717) is 11.3 Å². The number of anilines is 1. The number of aliphatic hydroxyl groups excluding tert-OH is 1. The second kappa shape index (κ2) is 5.51. The molecule has 1 aromatic rings. The molecule has 0 spiro atoms. The van der Waals surface area contributed by atoms with Crippen LogP contribution < -0.4 is 4.90 Å². The molecule has 2 nitrogen and oxygen atoms in total. The molecule has 1 N–H and O–H groups in total. The van der Waals surface area contributed by atoms with Crippen molar-refractivity contribution >= 4 is 29.1 Å². The number of halogens is 1. The highest BCUT2D eigenvalue weighted by molar-refractivity contribution is 8.00. The van der Waals surface area contributed by atoms with E-state index in [-0.39, 0.29) is 6.61 Å². The summed E-state index contributed by atoms with van der Waals surface area (Å²) < 4.78 is 0. The van der Waals surface area contributed by atoms with Gasteiger partial charge in [-0.1, -0.05) is 24.6 Å². The van der Waals surface area contributed by atoms with Crippen LogP contribution in [0.3, 0.4) is 0 Å². The third kappa shape index (κ3) is 2.72. The van der Waals surface area contributed by atoms with Gasteiger partial charge in [0.1, 0.15) is 0 Å². The predicted molar refractivity (Wildman–Crippen MR) is 76.1 cm³/mol. The van der Waals surface area contributed by atoms with Crippen molar-refractivity contribution in [2.45, 2.75) is 31.7 Å². The molecule has 94 valence electrons. The lowest BCUT2D eigenvalue weighted by atomic mass is 10.1. The second-order valence-electron chi connectivity index (χ2n) is 4.45. The van der Waals surface area contributed by atoms with Crippen molar-refractivity contribution in [1.82, 2.24) is 0 Å². The van der Waals surface area contributed by atoms with Crippen molar-refractivity contribution in [2.24, 2.45) is 0 Å². The minimum atomic E-state index is 0.0435. The summed E-state index contributed by atoms with van der Waals surface area (Å²) >= 11 is 8.31. The van der Waals surface area contributed by atoms with Crippen LogP contribution >= 0.6 is 23.4 Å². The Balaban J connectivity index is 2.27. The van der Waals surface area contributed by atoms with E-state index in [4.69, 9.17) is 16.7 Å². The third-order valence-corrected chi connectivity index (χ3v) is 5.03. The lowest BCUT2D eigenvalue weighted by Crippen LogP contribution is -2.44. The topological polar surface area (TPSA) is 23.5 Å². The lowest BCUT2D eigenvalue weighted by Gasteiger charge is -2.39. The van der Waals surface area contributed by atoms with Crippen LogP contribution in [0.2, 0.25) is 5.02 Å². The van der Waals surface area contributed by atoms with Crippen LogP contribution in [0.4, 0.5) is 5.69 Å². The zero-order valence-corrected chi connectivity index (χ0v) is 11.8. The SMILES string of the molecule is CC1SCCN(c2ccc(CO)cc2Cl)C1C. The molecular formula is C13H18ClNOS. The lowest BCUT2D eigenvalue weighted by molar-refractivity contribution is 0.282. The largest absolute Gasteiger partial charge is 0.392 e. The molecule has 0 radical (unpaired) electrons. The van der Waals surface area contributed by atoms with Gasteiger partial charge in [0.2, 0.25) is 0 Å². The molecule has 0 bridgehead atoms. The van der Waals surface area contributed by atoms with Gasteiger partial charge in [-0.25, -0.2) is 0 Å². The van der Waals surface area contributed by atoms with Gasteiger partial charge in [-0.2, -0.15) is 11.8 Å². The van der Waals surface area contributed by atoms with Gasteiger partial charge < -0.3 is 10.0 Å². The van der Waals surface area contributed by atoms with E-state index in [9.17, 15) is 0 Å². The fraction of sp³-hybridized carbons (Fsp3) is 0.538. The Labute approximate surface area is 112 Å². The second-order valence-corrected chi connectivity index (χ2v) is 6.35. The Morgan fingerprint density at radius 1 is 1.47 bits per heavy atom. The molecule has 1 aliphatic rings. The van der Waals surface area contributed by atoms with Crippen LogP contribution in [0.15, 0.2) is 18.2 Å². The molecule has 2 rings (SSSR count). The Hall–Kier alpha value is -0.380. The molecule has 1 aliphatic heterocycles. The zero-order chi connectivity index (χ0) is 12.4. The van der Waals surface area contributed by atoms with Crippen LogP contribution in [0.5, 0.6) is 0 Å². The summed E-state index contributed by atoms with van der Waals surface area (Å²) in [5, 5.41) is 10.4. The maximum Gasteiger partial charge on any atom is 0.0682 e. The third-order valence-electron chi connectivity index (χ3n) is 3.39. The molecule has 1 aromatic carbocycles. The first kappa shape index (κ1) is 13.1. The van der Waals surface area contributed by atoms with E-state index in [0.717, 1.165) is 28.6 Å². The Morgan fingerprint density at radius 2 is 2.24 bits per heavy atom. The number of aliphatic hydroxyl groups is 1. The fourth-order valence-electron chi connectivity index (χ4n) is 2.15. The molecular weight excluding hydrogens is 254 g/mol. The highest BCUT2D eigenvalue weighted by Crippen LogP contribution is 2.33. The summed E-state index contributed by atoms with van der Waals surface area (Å²) in [6.45, 7) is 5.58. The molecule has 1 fully saturated rings. The summed E-state index contributed by atoms with van der Waals surface area (Å²) in [6, 6.07) is 6.31. The first-order chi connectivity index (χ1) is 8.13. The van der Waals surface area contributed by atoms with Crippen LogP contribution in [-0.4, -0.2) is 28.7 Å². The summed E-state index contributed by atoms with van der Waals surface area (Å²) in [6.07, 6.45) is 0. The molecule has 4 heteroatoms. The zero-order valence-electron chi connectivity index (χ0n) is 10.2. The first-order valence-corrected chi connectivity index (χ1v) is 7.33. The van der Waals surface area contributed by atoms with Crippen molar-refractivity contribution < 1.29 is 5.11 Å². The highest BCUT2D eigenvalue weighted by Gasteiger charge is 2.26. The Morgan fingerprint density at radius 3 is 2.88 bits per heavy atom. The van der Waals surface area contributed by atoms with Gasteiger partial charge in [-0.15, -0.1) is 0 Å². The summed E-state index contributed by atoms with van der Waals surface area (Å²) in [5.41, 5.74) is 1.95. The fourth-order valence-corrected chi connectivity index (χ4v) is 3.57. The molecule has 0 aliphatic carbocycles. The van der Waals surface area contributed by atoms with Crippen LogP contribution in [0, 0.1) is 0 Å². The first-order valence-electron chi connectivity index (χ1n) is 5.91. The Bertz CT molecular complexity index is 399. The van der Waals surface area contributed by atoms with Gasteiger partial charge in [0, 0.05) is 23.6 Å². The van der Waals surface area contributed by atoms with Gasteiger partial charge in [-0.3, -0.25) is 0 Å². The number of benzene rings is 1. The molecule has 2 unspecified atom stereocenters. The van der Waals surface area contributed by atoms with Gasteiger partial charge in [0.25, 0.3) is 0 Å². The number of hydrogen-bond acceptors (Lipinski definition) is 3. The quantitative estimate of drug-likeness (QED) is 0.894. The van der Waals surface area contributed by atoms with E-state index in [2.05, 4.69) is 18.7 Å². The minimum absolute atomic E-state index is 0.0435. The van der Waals surface area contributed by atoms with Crippen LogP contribution in [-0.2, 0) is 6.61 Å². The predicted octanol–water partition coefficient (Wildman–Crippen LogP) is 3.16. The monoisotopic (exact) mass is 271 g/mol. The summed E-state index contributed by atoms with van der Waals surface area (Å²) in [5.74, 6) is 1.14. The molecule has 2 atom stereocenters. The van der Waals surface area contributed by atoms with Crippen LogP contribution in [0.1, 0.15) is 19.4 Å². The molecule has 17 heavy (non-hydrogen) atoms. The number of hydrogen-bond donors (Lipinski definition) is 1. The van der Waals surface area contributed by atoms with Crippen LogP contribution in [0.25, 0.3) is 0 Å². The molecule has 0 aromatic heterocycles. The Kier molecular flexibility index (Phi) is 4.23. The molecule has 0 amide bonds. The standard InChI is InChI=1S/C13H18ClNOS/c1-9-10(2)17-6-5-15(9)13-4-3-11(8-16)7-12(13)14/h3-4,7,9-10,16H,5-6,8H2,1-2H3. The van der Waals surface area contributed by atoms with E-state index in [1.807, 2.05) is 30.0 Å². The van der Waals surface area contributed by atoms with Gasteiger partial charge in [-0.05, 0) is 24.6 Å². The highest BCUT2D eigenvalue weighted by atomic mass is 35.5. The van der Waals surface area contributed by atoms with Gasteiger partial charge in [0.15, 0.2) is 0 Å². The maximum atomic E-state index is 9.08. The number of nitrogens with zero attached hydrogens (tertiary/aromatic N) is 1. The van der Waals surface area contributed by atoms with E-state index < -0.39 is 0 Å². The molecule has 0 saturated carbocycles. The minimum Gasteiger partial charge on any atom is -0.392 e. The molecule has 1 saturated heterocycles. The average Bonchev–Trinajstić information content (AvgIpc) is 2.33. The smallest absolute Gasteiger partial charge is 0.0682 e. The normalized spacial score (nSPS) is 25.1. The van der Waals surface area contributed by atoms with Crippen molar-refractivity contribution in [3.63, 3.8) is 0 Å². The average molecular weight is 272 g/mol. The van der Waals surface area contributed by atoms with Crippen molar-refractivity contribution in [2.75, 3.05) is 17.2 Å². The molecule has 1 heterocycles. The van der Waals surface area contributed by atoms with E-state index >= 15 is 0 Å². The number of thioether (sulfide) groups is 1. The summed E-state index contributed by atoms with van der Waals surface area (Å²) in [4.78, 5) is 2.37. The van der Waals surface area contributed by atoms with E-state index in [1.165, 1.54) is 0 Å². The van der Waals surface area contributed by atoms with E-state index in [1.54, 1.807) is 0 Å². The van der Waals surface area contributed by atoms with Gasteiger partial charge >= 0.3 is 0 Å².